The first-order valence-electron chi connectivity index (χ1n) is 7.23. The average molecular weight is 356 g/mol. The normalized spacial score (nSPS) is 10.9. The molecule has 0 spiro atoms. The van der Waals surface area contributed by atoms with Crippen molar-refractivity contribution in [1.29, 1.82) is 0 Å². The molecule has 0 bridgehead atoms. The Morgan fingerprint density at radius 2 is 1.79 bits per heavy atom. The molecule has 0 radical (unpaired) electrons. The van der Waals surface area contributed by atoms with E-state index in [9.17, 15) is 0 Å². The Balaban J connectivity index is 1.88. The van der Waals surface area contributed by atoms with Crippen LogP contribution in [0.1, 0.15) is 0 Å². The van der Waals surface area contributed by atoms with Crippen LogP contribution in [0.25, 0.3) is 22.5 Å². The van der Waals surface area contributed by atoms with Gasteiger partial charge in [-0.2, -0.15) is 0 Å². The molecule has 0 saturated carbocycles. The lowest BCUT2D eigenvalue weighted by atomic mass is 10.2. The van der Waals surface area contributed by atoms with E-state index in [1.165, 1.54) is 0 Å². The second kappa shape index (κ2) is 6.15. The number of benzene rings is 2. The summed E-state index contributed by atoms with van der Waals surface area (Å²) in [4.78, 5) is 9.15. The zero-order valence-corrected chi connectivity index (χ0v) is 13.8. The van der Waals surface area contributed by atoms with Crippen molar-refractivity contribution < 1.29 is 4.42 Å². The van der Waals surface area contributed by atoms with Gasteiger partial charge in [0, 0.05) is 10.4 Å². The SMILES string of the molecule is Clc1ccc(Cl)c(Nc2nc(-c3ccco3)nc3ccccc23)c1. The summed E-state index contributed by atoms with van der Waals surface area (Å²) in [6.07, 6.45) is 1.59. The summed E-state index contributed by atoms with van der Waals surface area (Å²) in [6, 6.07) is 16.6. The first kappa shape index (κ1) is 15.0. The molecular weight excluding hydrogens is 345 g/mol. The molecule has 2 aromatic heterocycles. The van der Waals surface area contributed by atoms with Gasteiger partial charge in [-0.15, -0.1) is 0 Å². The predicted molar refractivity (Wildman–Crippen MR) is 97.0 cm³/mol. The van der Waals surface area contributed by atoms with Gasteiger partial charge in [0.05, 0.1) is 22.5 Å². The number of hydrogen-bond donors (Lipinski definition) is 1. The number of furan rings is 1. The van der Waals surface area contributed by atoms with Crippen LogP contribution >= 0.6 is 23.2 Å². The molecule has 4 nitrogen and oxygen atoms in total. The van der Waals surface area contributed by atoms with E-state index in [0.29, 0.717) is 33.1 Å². The van der Waals surface area contributed by atoms with Gasteiger partial charge in [0.1, 0.15) is 5.82 Å². The third-order valence-electron chi connectivity index (χ3n) is 3.53. The van der Waals surface area contributed by atoms with Gasteiger partial charge < -0.3 is 9.73 Å². The number of anilines is 2. The van der Waals surface area contributed by atoms with Crippen LogP contribution in [0, 0.1) is 0 Å². The first-order valence-corrected chi connectivity index (χ1v) is 7.99. The molecule has 118 valence electrons. The number of nitrogens with one attached hydrogen (secondary N) is 1. The number of fused-ring (bicyclic) bond motifs is 1. The first-order chi connectivity index (χ1) is 11.7. The van der Waals surface area contributed by atoms with Gasteiger partial charge in [0.2, 0.25) is 0 Å². The van der Waals surface area contributed by atoms with Crippen molar-refractivity contribution >= 4 is 45.6 Å². The molecule has 0 unspecified atom stereocenters. The van der Waals surface area contributed by atoms with Crippen LogP contribution in [0.15, 0.2) is 65.3 Å². The van der Waals surface area contributed by atoms with Crippen LogP contribution in [0.2, 0.25) is 10.0 Å². The minimum absolute atomic E-state index is 0.499. The van der Waals surface area contributed by atoms with Crippen LogP contribution in [-0.2, 0) is 0 Å². The largest absolute Gasteiger partial charge is 0.461 e. The van der Waals surface area contributed by atoms with E-state index in [4.69, 9.17) is 27.6 Å². The Kier molecular flexibility index (Phi) is 3.84. The van der Waals surface area contributed by atoms with Crippen molar-refractivity contribution in [3.8, 4) is 11.6 Å². The third-order valence-corrected chi connectivity index (χ3v) is 4.09. The van der Waals surface area contributed by atoms with Crippen LogP contribution in [0.5, 0.6) is 0 Å². The number of nitrogens with zero attached hydrogens (tertiary/aromatic N) is 2. The molecule has 0 fully saturated rings. The van der Waals surface area contributed by atoms with Gasteiger partial charge in [-0.3, -0.25) is 0 Å². The van der Waals surface area contributed by atoms with Crippen molar-refractivity contribution in [2.24, 2.45) is 0 Å². The van der Waals surface area contributed by atoms with E-state index in [1.807, 2.05) is 30.3 Å². The molecule has 2 heterocycles. The van der Waals surface area contributed by atoms with Crippen LogP contribution in [0.4, 0.5) is 11.5 Å². The van der Waals surface area contributed by atoms with E-state index in [-0.39, 0.29) is 0 Å². The standard InChI is InChI=1S/C18H11Cl2N3O/c19-11-7-8-13(20)15(10-11)22-17-12-4-1-2-5-14(12)21-18(23-17)16-6-3-9-24-16/h1-10H,(H,21,22,23). The van der Waals surface area contributed by atoms with Crippen molar-refractivity contribution in [3.63, 3.8) is 0 Å². The molecule has 4 aromatic rings. The highest BCUT2D eigenvalue weighted by molar-refractivity contribution is 6.35. The van der Waals surface area contributed by atoms with Crippen LogP contribution in [-0.4, -0.2) is 9.97 Å². The second-order valence-electron chi connectivity index (χ2n) is 5.14. The summed E-state index contributed by atoms with van der Waals surface area (Å²) in [5, 5.41) is 5.27. The minimum Gasteiger partial charge on any atom is -0.461 e. The fourth-order valence-corrected chi connectivity index (χ4v) is 2.75. The fourth-order valence-electron chi connectivity index (χ4n) is 2.41. The third kappa shape index (κ3) is 2.82. The highest BCUT2D eigenvalue weighted by Gasteiger charge is 2.12. The van der Waals surface area contributed by atoms with Crippen molar-refractivity contribution in [3.05, 3.63) is 70.9 Å². The lowest BCUT2D eigenvalue weighted by molar-refractivity contribution is 0.577. The van der Waals surface area contributed by atoms with Gasteiger partial charge in [0.25, 0.3) is 0 Å². The molecule has 24 heavy (non-hydrogen) atoms. The molecule has 4 rings (SSSR count). The highest BCUT2D eigenvalue weighted by Crippen LogP contribution is 2.31. The lowest BCUT2D eigenvalue weighted by Crippen LogP contribution is -1.99. The lowest BCUT2D eigenvalue weighted by Gasteiger charge is -2.11. The van der Waals surface area contributed by atoms with Crippen molar-refractivity contribution in [2.45, 2.75) is 0 Å². The monoisotopic (exact) mass is 355 g/mol. The Morgan fingerprint density at radius 1 is 0.917 bits per heavy atom. The van der Waals surface area contributed by atoms with Gasteiger partial charge in [-0.25, -0.2) is 9.97 Å². The molecule has 0 atom stereocenters. The molecule has 2 aromatic carbocycles. The van der Waals surface area contributed by atoms with E-state index < -0.39 is 0 Å². The number of hydrogen-bond acceptors (Lipinski definition) is 4. The fraction of sp³-hybridized carbons (Fsp3) is 0. The molecule has 0 aliphatic carbocycles. The summed E-state index contributed by atoms with van der Waals surface area (Å²) in [5.74, 6) is 1.73. The molecule has 6 heteroatoms. The highest BCUT2D eigenvalue weighted by atomic mass is 35.5. The molecule has 0 amide bonds. The Morgan fingerprint density at radius 3 is 2.62 bits per heavy atom. The summed E-state index contributed by atoms with van der Waals surface area (Å²) < 4.78 is 5.42. The molecule has 0 aliphatic rings. The maximum Gasteiger partial charge on any atom is 0.198 e. The number of halogens is 2. The molecule has 0 aliphatic heterocycles. The van der Waals surface area contributed by atoms with E-state index in [1.54, 1.807) is 30.5 Å². The number of para-hydroxylation sites is 1. The Labute approximate surface area is 148 Å². The zero-order chi connectivity index (χ0) is 16.5. The second-order valence-corrected chi connectivity index (χ2v) is 5.98. The number of rotatable bonds is 3. The van der Waals surface area contributed by atoms with Gasteiger partial charge >= 0.3 is 0 Å². The molecule has 1 N–H and O–H groups in total. The maximum absolute atomic E-state index is 6.25. The summed E-state index contributed by atoms with van der Waals surface area (Å²) >= 11 is 12.3. The smallest absolute Gasteiger partial charge is 0.198 e. The topological polar surface area (TPSA) is 51.0 Å². The quantitative estimate of drug-likeness (QED) is 0.494. The van der Waals surface area contributed by atoms with Crippen molar-refractivity contribution in [1.82, 2.24) is 9.97 Å². The van der Waals surface area contributed by atoms with E-state index in [0.717, 1.165) is 10.9 Å². The van der Waals surface area contributed by atoms with Crippen LogP contribution in [0.3, 0.4) is 0 Å². The summed E-state index contributed by atoms with van der Waals surface area (Å²) in [5.41, 5.74) is 1.48. The van der Waals surface area contributed by atoms with Gasteiger partial charge in [-0.1, -0.05) is 35.3 Å². The zero-order valence-electron chi connectivity index (χ0n) is 12.3. The van der Waals surface area contributed by atoms with E-state index >= 15 is 0 Å². The van der Waals surface area contributed by atoms with E-state index in [2.05, 4.69) is 15.3 Å². The summed E-state index contributed by atoms with van der Waals surface area (Å²) in [6.45, 7) is 0. The predicted octanol–water partition coefficient (Wildman–Crippen LogP) is 5.94. The number of aromatic nitrogens is 2. The molecule has 0 saturated heterocycles. The average Bonchev–Trinajstić information content (AvgIpc) is 3.13. The summed E-state index contributed by atoms with van der Waals surface area (Å²) in [7, 11) is 0. The van der Waals surface area contributed by atoms with Crippen LogP contribution < -0.4 is 5.32 Å². The minimum atomic E-state index is 0.499. The Bertz CT molecular complexity index is 1020. The molecular formula is C18H11Cl2N3O. The Hall–Kier alpha value is -2.56. The van der Waals surface area contributed by atoms with Crippen molar-refractivity contribution in [2.75, 3.05) is 5.32 Å². The van der Waals surface area contributed by atoms with Gasteiger partial charge in [-0.05, 0) is 42.5 Å². The van der Waals surface area contributed by atoms with Gasteiger partial charge in [0.15, 0.2) is 11.6 Å². The maximum atomic E-state index is 6.25.